The minimum absolute atomic E-state index is 0.0953. The third kappa shape index (κ3) is 4.56. The molecule has 2 N–H and O–H groups in total. The second-order valence-electron chi connectivity index (χ2n) is 4.65. The number of amides is 1. The summed E-state index contributed by atoms with van der Waals surface area (Å²) >= 11 is 0. The van der Waals surface area contributed by atoms with Crippen LogP contribution in [-0.2, 0) is 18.3 Å². The Balaban J connectivity index is 1.51. The van der Waals surface area contributed by atoms with Gasteiger partial charge in [0.1, 0.15) is 0 Å². The van der Waals surface area contributed by atoms with E-state index in [9.17, 15) is 4.79 Å². The molecule has 0 atom stereocenters. The van der Waals surface area contributed by atoms with Gasteiger partial charge in [-0.05, 0) is 24.8 Å². The molecular formula is C12H20N4O. The molecule has 17 heavy (non-hydrogen) atoms. The smallest absolute Gasteiger partial charge is 0.233 e. The summed E-state index contributed by atoms with van der Waals surface area (Å²) in [6.45, 7) is 2.04. The minimum Gasteiger partial charge on any atom is -0.355 e. The Morgan fingerprint density at radius 2 is 2.41 bits per heavy atom. The molecular weight excluding hydrogens is 216 g/mol. The predicted molar refractivity (Wildman–Crippen MR) is 65.5 cm³/mol. The fourth-order valence-corrected chi connectivity index (χ4v) is 1.66. The lowest BCUT2D eigenvalue weighted by Crippen LogP contribution is -2.35. The number of nitrogens with zero attached hydrogens (tertiary/aromatic N) is 2. The van der Waals surface area contributed by atoms with Crippen LogP contribution in [0.15, 0.2) is 12.3 Å². The van der Waals surface area contributed by atoms with Crippen molar-refractivity contribution >= 4 is 5.91 Å². The Bertz CT molecular complexity index is 370. The van der Waals surface area contributed by atoms with E-state index in [4.69, 9.17) is 0 Å². The van der Waals surface area contributed by atoms with Gasteiger partial charge < -0.3 is 10.6 Å². The van der Waals surface area contributed by atoms with Gasteiger partial charge in [0.25, 0.3) is 0 Å². The lowest BCUT2D eigenvalue weighted by molar-refractivity contribution is -0.120. The van der Waals surface area contributed by atoms with E-state index in [-0.39, 0.29) is 5.91 Å². The standard InChI is InChI=1S/C12H20N4O/c1-16-7-5-11(15-16)4-6-13-9-12(17)14-8-10-2-3-10/h5,7,10,13H,2-4,6,8-9H2,1H3,(H,14,17). The largest absolute Gasteiger partial charge is 0.355 e. The quantitative estimate of drug-likeness (QED) is 0.659. The normalized spacial score (nSPS) is 14.9. The number of carbonyl (C=O) groups excluding carboxylic acids is 1. The lowest BCUT2D eigenvalue weighted by Gasteiger charge is -2.05. The van der Waals surface area contributed by atoms with E-state index in [1.165, 1.54) is 12.8 Å². The van der Waals surface area contributed by atoms with E-state index in [1.54, 1.807) is 4.68 Å². The molecule has 0 radical (unpaired) electrons. The monoisotopic (exact) mass is 236 g/mol. The molecule has 1 aliphatic rings. The molecule has 1 aliphatic carbocycles. The second-order valence-corrected chi connectivity index (χ2v) is 4.65. The van der Waals surface area contributed by atoms with Gasteiger partial charge in [0.05, 0.1) is 12.2 Å². The minimum atomic E-state index is 0.0953. The summed E-state index contributed by atoms with van der Waals surface area (Å²) in [5.41, 5.74) is 1.05. The van der Waals surface area contributed by atoms with E-state index in [2.05, 4.69) is 15.7 Å². The van der Waals surface area contributed by atoms with Crippen molar-refractivity contribution in [2.75, 3.05) is 19.6 Å². The van der Waals surface area contributed by atoms with Gasteiger partial charge in [-0.3, -0.25) is 9.48 Å². The summed E-state index contributed by atoms with van der Waals surface area (Å²) in [6.07, 6.45) is 5.33. The molecule has 1 amide bonds. The van der Waals surface area contributed by atoms with Crippen LogP contribution in [0, 0.1) is 5.92 Å². The first-order chi connectivity index (χ1) is 8.24. The van der Waals surface area contributed by atoms with Gasteiger partial charge in [-0.1, -0.05) is 0 Å². The molecule has 5 nitrogen and oxygen atoms in total. The zero-order chi connectivity index (χ0) is 12.1. The molecule has 0 unspecified atom stereocenters. The first kappa shape index (κ1) is 12.1. The SMILES string of the molecule is Cn1ccc(CCNCC(=O)NCC2CC2)n1. The topological polar surface area (TPSA) is 59.0 Å². The van der Waals surface area contributed by atoms with Crippen molar-refractivity contribution in [2.45, 2.75) is 19.3 Å². The van der Waals surface area contributed by atoms with Gasteiger partial charge in [0.2, 0.25) is 5.91 Å². The average Bonchev–Trinajstić information content (AvgIpc) is 3.05. The number of hydrogen-bond acceptors (Lipinski definition) is 3. The van der Waals surface area contributed by atoms with Crippen LogP contribution in [-0.4, -0.2) is 35.3 Å². The predicted octanol–water partition coefficient (Wildman–Crippen LogP) is 0.0784. The van der Waals surface area contributed by atoms with Crippen LogP contribution in [0.25, 0.3) is 0 Å². The molecule has 0 bridgehead atoms. The summed E-state index contributed by atoms with van der Waals surface area (Å²) in [7, 11) is 1.91. The van der Waals surface area contributed by atoms with Crippen molar-refractivity contribution in [1.82, 2.24) is 20.4 Å². The summed E-state index contributed by atoms with van der Waals surface area (Å²) < 4.78 is 1.79. The van der Waals surface area contributed by atoms with Crippen LogP contribution in [0.5, 0.6) is 0 Å². The number of carbonyl (C=O) groups is 1. The number of aromatic nitrogens is 2. The van der Waals surface area contributed by atoms with E-state index < -0.39 is 0 Å². The molecule has 0 spiro atoms. The van der Waals surface area contributed by atoms with Crippen LogP contribution in [0.1, 0.15) is 18.5 Å². The summed E-state index contributed by atoms with van der Waals surface area (Å²) in [4.78, 5) is 11.4. The van der Waals surface area contributed by atoms with Crippen molar-refractivity contribution in [2.24, 2.45) is 13.0 Å². The third-order valence-corrected chi connectivity index (χ3v) is 2.90. The Hall–Kier alpha value is -1.36. The Kier molecular flexibility index (Phi) is 4.14. The van der Waals surface area contributed by atoms with Crippen LogP contribution < -0.4 is 10.6 Å². The number of hydrogen-bond donors (Lipinski definition) is 2. The van der Waals surface area contributed by atoms with Crippen molar-refractivity contribution in [1.29, 1.82) is 0 Å². The van der Waals surface area contributed by atoms with Gasteiger partial charge in [-0.25, -0.2) is 0 Å². The maximum atomic E-state index is 11.4. The maximum absolute atomic E-state index is 11.4. The first-order valence-corrected chi connectivity index (χ1v) is 6.20. The highest BCUT2D eigenvalue weighted by molar-refractivity contribution is 5.77. The van der Waals surface area contributed by atoms with Crippen LogP contribution in [0.3, 0.4) is 0 Å². The van der Waals surface area contributed by atoms with Gasteiger partial charge >= 0.3 is 0 Å². The fraction of sp³-hybridized carbons (Fsp3) is 0.667. The highest BCUT2D eigenvalue weighted by Gasteiger charge is 2.21. The second kappa shape index (κ2) is 5.82. The van der Waals surface area contributed by atoms with E-state index in [0.717, 1.165) is 31.1 Å². The van der Waals surface area contributed by atoms with Crippen LogP contribution in [0.2, 0.25) is 0 Å². The van der Waals surface area contributed by atoms with Gasteiger partial charge in [-0.2, -0.15) is 5.10 Å². The van der Waals surface area contributed by atoms with E-state index in [1.807, 2.05) is 19.3 Å². The Morgan fingerprint density at radius 1 is 1.59 bits per heavy atom. The molecule has 94 valence electrons. The van der Waals surface area contributed by atoms with Gasteiger partial charge in [-0.15, -0.1) is 0 Å². The van der Waals surface area contributed by atoms with Crippen LogP contribution >= 0.6 is 0 Å². The van der Waals surface area contributed by atoms with Crippen molar-refractivity contribution in [3.63, 3.8) is 0 Å². The van der Waals surface area contributed by atoms with E-state index in [0.29, 0.717) is 6.54 Å². The molecule has 5 heteroatoms. The number of rotatable bonds is 7. The molecule has 0 aliphatic heterocycles. The molecule has 2 rings (SSSR count). The molecule has 1 saturated carbocycles. The van der Waals surface area contributed by atoms with Crippen molar-refractivity contribution in [3.8, 4) is 0 Å². The van der Waals surface area contributed by atoms with Gasteiger partial charge in [0, 0.05) is 32.8 Å². The molecule has 1 fully saturated rings. The fourth-order valence-electron chi connectivity index (χ4n) is 1.66. The molecule has 1 aromatic rings. The zero-order valence-corrected chi connectivity index (χ0v) is 10.3. The van der Waals surface area contributed by atoms with Crippen molar-refractivity contribution in [3.05, 3.63) is 18.0 Å². The van der Waals surface area contributed by atoms with Crippen molar-refractivity contribution < 1.29 is 4.79 Å². The lowest BCUT2D eigenvalue weighted by atomic mass is 10.3. The maximum Gasteiger partial charge on any atom is 0.233 e. The number of nitrogens with one attached hydrogen (secondary N) is 2. The molecule has 0 aromatic carbocycles. The molecule has 1 aromatic heterocycles. The Morgan fingerprint density at radius 3 is 3.06 bits per heavy atom. The third-order valence-electron chi connectivity index (χ3n) is 2.90. The first-order valence-electron chi connectivity index (χ1n) is 6.20. The molecule has 1 heterocycles. The Labute approximate surface area is 102 Å². The average molecular weight is 236 g/mol. The zero-order valence-electron chi connectivity index (χ0n) is 10.3. The highest BCUT2D eigenvalue weighted by Crippen LogP contribution is 2.27. The van der Waals surface area contributed by atoms with Gasteiger partial charge in [0.15, 0.2) is 0 Å². The number of aryl methyl sites for hydroxylation is 1. The highest BCUT2D eigenvalue weighted by atomic mass is 16.1. The summed E-state index contributed by atoms with van der Waals surface area (Å²) in [6, 6.07) is 1.99. The summed E-state index contributed by atoms with van der Waals surface area (Å²) in [5.74, 6) is 0.838. The summed E-state index contributed by atoms with van der Waals surface area (Å²) in [5, 5.41) is 10.3. The molecule has 0 saturated heterocycles. The van der Waals surface area contributed by atoms with Crippen LogP contribution in [0.4, 0.5) is 0 Å². The van der Waals surface area contributed by atoms with E-state index >= 15 is 0 Å².